The Kier molecular flexibility index (Phi) is 16.3. The molecule has 0 spiro atoms. The van der Waals surface area contributed by atoms with E-state index in [0.29, 0.717) is 31.6 Å². The van der Waals surface area contributed by atoms with Crippen molar-refractivity contribution in [3.05, 3.63) is 69.6 Å². The molecule has 1 unspecified atom stereocenters. The van der Waals surface area contributed by atoms with Gasteiger partial charge in [-0.3, -0.25) is 28.8 Å². The molecule has 2 heterocycles. The molecule has 5 N–H and O–H groups in total. The highest BCUT2D eigenvalue weighted by atomic mass is 16.5. The SMILES string of the molecule is C[C@@H](OCc1ccc(CCCOCCCCCCCOCCCc2ccc3c(c2)n(C)c(=O)n3C2CCC(=O)NC2=O)cc1)[C@@H](N)CCC(N)=O. The topological polar surface area (TPSA) is 170 Å². The zero-order valence-electron chi connectivity index (χ0n) is 30.4. The molecule has 12 nitrogen and oxygen atoms in total. The maximum absolute atomic E-state index is 13.0. The number of benzene rings is 2. The van der Waals surface area contributed by atoms with Crippen LogP contribution in [-0.4, -0.2) is 65.4 Å². The fraction of sp³-hybridized carbons (Fsp3) is 0.590. The van der Waals surface area contributed by atoms with Gasteiger partial charge in [0.05, 0.1) is 23.7 Å². The number of carbonyl (C=O) groups excluding carboxylic acids is 3. The Hall–Kier alpha value is -3.84. The Morgan fingerprint density at radius 1 is 0.843 bits per heavy atom. The zero-order chi connectivity index (χ0) is 36.6. The van der Waals surface area contributed by atoms with E-state index < -0.39 is 11.9 Å². The molecule has 0 radical (unpaired) electrons. The number of ether oxygens (including phenoxy) is 3. The van der Waals surface area contributed by atoms with Crippen molar-refractivity contribution in [1.82, 2.24) is 14.5 Å². The number of aryl methyl sites for hydroxylation is 3. The highest BCUT2D eigenvalue weighted by Crippen LogP contribution is 2.24. The average molecular weight is 708 g/mol. The monoisotopic (exact) mass is 707 g/mol. The summed E-state index contributed by atoms with van der Waals surface area (Å²) >= 11 is 0. The number of unbranched alkanes of at least 4 members (excludes halogenated alkanes) is 4. The predicted molar refractivity (Wildman–Crippen MR) is 197 cm³/mol. The quantitative estimate of drug-likeness (QED) is 0.0911. The minimum Gasteiger partial charge on any atom is -0.381 e. The largest absolute Gasteiger partial charge is 0.381 e. The maximum atomic E-state index is 13.0. The fourth-order valence-electron chi connectivity index (χ4n) is 6.39. The molecular weight excluding hydrogens is 650 g/mol. The third kappa shape index (κ3) is 12.7. The van der Waals surface area contributed by atoms with E-state index in [1.807, 2.05) is 25.1 Å². The van der Waals surface area contributed by atoms with Crippen molar-refractivity contribution >= 4 is 28.8 Å². The molecular formula is C39H57N5O7. The van der Waals surface area contributed by atoms with E-state index in [2.05, 4.69) is 29.6 Å². The summed E-state index contributed by atoms with van der Waals surface area (Å²) in [7, 11) is 1.72. The molecule has 12 heteroatoms. The fourth-order valence-corrected chi connectivity index (χ4v) is 6.39. The van der Waals surface area contributed by atoms with E-state index in [-0.39, 0.29) is 42.5 Å². The highest BCUT2D eigenvalue weighted by Gasteiger charge is 2.31. The minimum absolute atomic E-state index is 0.148. The van der Waals surface area contributed by atoms with Gasteiger partial charge < -0.3 is 25.7 Å². The van der Waals surface area contributed by atoms with Crippen LogP contribution in [0.1, 0.15) is 100 Å². The summed E-state index contributed by atoms with van der Waals surface area (Å²) < 4.78 is 20.7. The van der Waals surface area contributed by atoms with Crippen LogP contribution in [0.5, 0.6) is 0 Å². The average Bonchev–Trinajstić information content (AvgIpc) is 3.36. The third-order valence-electron chi connectivity index (χ3n) is 9.62. The number of nitrogens with zero attached hydrogens (tertiary/aromatic N) is 2. The van der Waals surface area contributed by atoms with Gasteiger partial charge in [-0.1, -0.05) is 49.6 Å². The first-order valence-electron chi connectivity index (χ1n) is 18.6. The van der Waals surface area contributed by atoms with E-state index in [0.717, 1.165) is 87.8 Å². The van der Waals surface area contributed by atoms with Gasteiger partial charge in [0, 0.05) is 52.4 Å². The number of nitrogens with two attached hydrogens (primary N) is 2. The van der Waals surface area contributed by atoms with Crippen LogP contribution in [0, 0.1) is 0 Å². The molecule has 51 heavy (non-hydrogen) atoms. The number of amides is 3. The number of imidazole rings is 1. The molecule has 0 bridgehead atoms. The molecule has 3 aromatic rings. The Bertz CT molecular complexity index is 1620. The number of rotatable bonds is 24. The van der Waals surface area contributed by atoms with Crippen LogP contribution in [0.25, 0.3) is 11.0 Å². The van der Waals surface area contributed by atoms with Gasteiger partial charge >= 0.3 is 5.69 Å². The normalized spacial score (nSPS) is 16.0. The lowest BCUT2D eigenvalue weighted by molar-refractivity contribution is -0.135. The number of carbonyl (C=O) groups is 3. The van der Waals surface area contributed by atoms with Crippen LogP contribution >= 0.6 is 0 Å². The van der Waals surface area contributed by atoms with Crippen molar-refractivity contribution in [3.63, 3.8) is 0 Å². The van der Waals surface area contributed by atoms with E-state index >= 15 is 0 Å². The Morgan fingerprint density at radius 3 is 2.08 bits per heavy atom. The lowest BCUT2D eigenvalue weighted by Gasteiger charge is -2.21. The van der Waals surface area contributed by atoms with Crippen LogP contribution in [-0.2, 0) is 55.1 Å². The second kappa shape index (κ2) is 20.9. The van der Waals surface area contributed by atoms with Crippen molar-refractivity contribution in [2.24, 2.45) is 18.5 Å². The molecule has 1 fully saturated rings. The number of primary amides is 1. The number of aromatic nitrogens is 2. The number of imide groups is 1. The van der Waals surface area contributed by atoms with E-state index in [1.165, 1.54) is 16.6 Å². The lowest BCUT2D eigenvalue weighted by atomic mass is 10.1. The summed E-state index contributed by atoms with van der Waals surface area (Å²) in [6, 6.07) is 13.5. The number of hydrogen-bond donors (Lipinski definition) is 3. The van der Waals surface area contributed by atoms with Crippen LogP contribution < -0.4 is 22.5 Å². The van der Waals surface area contributed by atoms with Crippen LogP contribution in [0.15, 0.2) is 47.3 Å². The number of fused-ring (bicyclic) bond motifs is 1. The first-order chi connectivity index (χ1) is 24.6. The van der Waals surface area contributed by atoms with Crippen molar-refractivity contribution in [3.8, 4) is 0 Å². The predicted octanol–water partition coefficient (Wildman–Crippen LogP) is 4.36. The van der Waals surface area contributed by atoms with Crippen LogP contribution in [0.2, 0.25) is 0 Å². The molecule has 1 aromatic heterocycles. The smallest absolute Gasteiger partial charge is 0.329 e. The van der Waals surface area contributed by atoms with Gasteiger partial charge in [-0.05, 0) is 87.1 Å². The molecule has 1 aliphatic heterocycles. The number of nitrogens with one attached hydrogen (secondary N) is 1. The second-order valence-electron chi connectivity index (χ2n) is 13.7. The van der Waals surface area contributed by atoms with Crippen molar-refractivity contribution in [1.29, 1.82) is 0 Å². The highest BCUT2D eigenvalue weighted by molar-refractivity contribution is 6.00. The molecule has 280 valence electrons. The summed E-state index contributed by atoms with van der Waals surface area (Å²) in [5.41, 5.74) is 16.0. The van der Waals surface area contributed by atoms with E-state index in [1.54, 1.807) is 11.6 Å². The molecule has 1 aliphatic rings. The minimum atomic E-state index is -0.671. The van der Waals surface area contributed by atoms with Gasteiger partial charge in [-0.15, -0.1) is 0 Å². The molecule has 0 aliphatic carbocycles. The van der Waals surface area contributed by atoms with E-state index in [4.69, 9.17) is 25.7 Å². The van der Waals surface area contributed by atoms with Gasteiger partial charge in [0.15, 0.2) is 0 Å². The van der Waals surface area contributed by atoms with Crippen molar-refractivity contribution in [2.45, 2.75) is 115 Å². The molecule has 0 saturated carbocycles. The van der Waals surface area contributed by atoms with Crippen molar-refractivity contribution in [2.75, 3.05) is 26.4 Å². The van der Waals surface area contributed by atoms with Gasteiger partial charge in [-0.25, -0.2) is 4.79 Å². The summed E-state index contributed by atoms with van der Waals surface area (Å²) in [4.78, 5) is 47.9. The standard InChI is InChI=1S/C39H57N5O7/c1-28(32(40)17-20-36(41)45)51-27-31-14-12-29(13-15-31)10-8-24-49-22-6-4-3-5-7-23-50-25-9-11-30-16-18-33-35(26-30)43(2)39(48)44(33)34-19-21-37(46)42-38(34)47/h12-16,18,26,28,32,34H,3-11,17,19-25,27,40H2,1-2H3,(H2,41,45)(H,42,46,47)/t28-,32+,34?/m1/s1. The van der Waals surface area contributed by atoms with Gasteiger partial charge in [-0.2, -0.15) is 0 Å². The van der Waals surface area contributed by atoms with Crippen molar-refractivity contribution < 1.29 is 28.6 Å². The maximum Gasteiger partial charge on any atom is 0.329 e. The zero-order valence-corrected chi connectivity index (χ0v) is 30.4. The van der Waals surface area contributed by atoms with E-state index in [9.17, 15) is 19.2 Å². The first-order valence-corrected chi connectivity index (χ1v) is 18.6. The molecule has 3 atom stereocenters. The Balaban J connectivity index is 0.974. The van der Waals surface area contributed by atoms with Gasteiger partial charge in [0.25, 0.3) is 0 Å². The Morgan fingerprint density at radius 2 is 1.43 bits per heavy atom. The third-order valence-corrected chi connectivity index (χ3v) is 9.62. The number of piperidine rings is 1. The Labute approximate surface area is 301 Å². The lowest BCUT2D eigenvalue weighted by Crippen LogP contribution is -2.44. The molecule has 2 aromatic carbocycles. The molecule has 3 amide bonds. The second-order valence-corrected chi connectivity index (χ2v) is 13.7. The van der Waals surface area contributed by atoms with Gasteiger partial charge in [0.1, 0.15) is 6.04 Å². The van der Waals surface area contributed by atoms with Gasteiger partial charge in [0.2, 0.25) is 17.7 Å². The summed E-state index contributed by atoms with van der Waals surface area (Å²) in [6.07, 6.45) is 10.5. The molecule has 4 rings (SSSR count). The van der Waals surface area contributed by atoms with Crippen LogP contribution in [0.3, 0.4) is 0 Å². The molecule has 1 saturated heterocycles. The first kappa shape index (κ1) is 39.9. The summed E-state index contributed by atoms with van der Waals surface area (Å²) in [6.45, 7) is 5.43. The summed E-state index contributed by atoms with van der Waals surface area (Å²) in [5.74, 6) is -1.06. The number of hydrogen-bond acceptors (Lipinski definition) is 8. The van der Waals surface area contributed by atoms with Crippen LogP contribution in [0.4, 0.5) is 0 Å². The summed E-state index contributed by atoms with van der Waals surface area (Å²) in [5, 5.41) is 2.35.